The van der Waals surface area contributed by atoms with Gasteiger partial charge in [-0.3, -0.25) is 0 Å². The fraction of sp³-hybridized carbons (Fsp3) is 0. The number of aromatic nitrogens is 4. The first-order valence-corrected chi connectivity index (χ1v) is 7.02. The van der Waals surface area contributed by atoms with Gasteiger partial charge in [-0.05, 0) is 22.0 Å². The summed E-state index contributed by atoms with van der Waals surface area (Å²) in [5, 5.41) is 13.7. The topological polar surface area (TPSA) is 151 Å². The Morgan fingerprint density at radius 3 is 1.83 bits per heavy atom. The molecule has 0 aliphatic heterocycles. The second-order valence-corrected chi connectivity index (χ2v) is 4.80. The molecule has 0 spiro atoms. The Labute approximate surface area is 141 Å². The molecular formula is C14H15BrN8. The fourth-order valence-corrected chi connectivity index (χ4v) is 1.52. The van der Waals surface area contributed by atoms with Crippen LogP contribution in [0, 0.1) is 10.8 Å². The first kappa shape index (κ1) is 18.1. The summed E-state index contributed by atoms with van der Waals surface area (Å²) in [7, 11) is 0. The monoisotopic (exact) mass is 374 g/mol. The van der Waals surface area contributed by atoms with Gasteiger partial charge in [0, 0.05) is 54.0 Å². The largest absolute Gasteiger partial charge is 0.398 e. The zero-order chi connectivity index (χ0) is 17.1. The summed E-state index contributed by atoms with van der Waals surface area (Å²) in [5.41, 5.74) is 13.6. The molecule has 0 unspecified atom stereocenters. The molecule has 0 saturated heterocycles. The average Bonchev–Trinajstić information content (AvgIpc) is 2.62. The van der Waals surface area contributed by atoms with Crippen molar-refractivity contribution in [1.82, 2.24) is 19.9 Å². The number of nitrogens with two attached hydrogens (primary N) is 2. The third-order valence-corrected chi connectivity index (χ3v) is 3.07. The predicted octanol–water partition coefficient (Wildman–Crippen LogP) is 1.57. The molecule has 8 nitrogen and oxygen atoms in total. The van der Waals surface area contributed by atoms with Crippen molar-refractivity contribution in [3.63, 3.8) is 0 Å². The SMILES string of the molecule is N=CC(Br)=C(N)c1cncnc1.N=CC=C(N)c1cncnc1. The molecule has 0 bridgehead atoms. The van der Waals surface area contributed by atoms with Crippen LogP contribution in [-0.2, 0) is 0 Å². The van der Waals surface area contributed by atoms with Gasteiger partial charge in [0.15, 0.2) is 0 Å². The molecule has 0 saturated carbocycles. The van der Waals surface area contributed by atoms with E-state index in [0.717, 1.165) is 18.0 Å². The minimum absolute atomic E-state index is 0.464. The van der Waals surface area contributed by atoms with E-state index in [0.29, 0.717) is 21.4 Å². The molecule has 2 aromatic heterocycles. The van der Waals surface area contributed by atoms with E-state index >= 15 is 0 Å². The van der Waals surface area contributed by atoms with Crippen LogP contribution in [0.4, 0.5) is 0 Å². The minimum atomic E-state index is 0.464. The third kappa shape index (κ3) is 6.14. The van der Waals surface area contributed by atoms with Crippen LogP contribution in [0.2, 0.25) is 0 Å². The van der Waals surface area contributed by atoms with Crippen molar-refractivity contribution in [3.8, 4) is 0 Å². The number of allylic oxidation sites excluding steroid dienone is 2. The van der Waals surface area contributed by atoms with Crippen LogP contribution in [0.1, 0.15) is 11.1 Å². The van der Waals surface area contributed by atoms with Crippen molar-refractivity contribution in [1.29, 1.82) is 10.8 Å². The maximum absolute atomic E-state index is 6.94. The Morgan fingerprint density at radius 1 is 0.913 bits per heavy atom. The predicted molar refractivity (Wildman–Crippen MR) is 93.8 cm³/mol. The van der Waals surface area contributed by atoms with Crippen molar-refractivity contribution in [2.75, 3.05) is 0 Å². The number of nitrogens with zero attached hydrogens (tertiary/aromatic N) is 4. The molecule has 0 aromatic carbocycles. The molecule has 0 aliphatic carbocycles. The number of nitrogens with one attached hydrogen (secondary N) is 2. The van der Waals surface area contributed by atoms with E-state index in [2.05, 4.69) is 35.9 Å². The lowest BCUT2D eigenvalue weighted by atomic mass is 10.2. The van der Waals surface area contributed by atoms with E-state index in [1.807, 2.05) is 0 Å². The highest BCUT2D eigenvalue weighted by molar-refractivity contribution is 9.12. The highest BCUT2D eigenvalue weighted by atomic mass is 79.9. The van der Waals surface area contributed by atoms with Crippen LogP contribution < -0.4 is 11.5 Å². The Kier molecular flexibility index (Phi) is 7.79. The summed E-state index contributed by atoms with van der Waals surface area (Å²) in [5.74, 6) is 0. The highest BCUT2D eigenvalue weighted by Crippen LogP contribution is 2.14. The first-order chi connectivity index (χ1) is 11.1. The second-order valence-electron chi connectivity index (χ2n) is 3.95. The lowest BCUT2D eigenvalue weighted by Crippen LogP contribution is -2.00. The van der Waals surface area contributed by atoms with E-state index in [-0.39, 0.29) is 0 Å². The Balaban J connectivity index is 0.000000231. The Bertz CT molecular complexity index is 697. The summed E-state index contributed by atoms with van der Waals surface area (Å²) in [4.78, 5) is 15.2. The summed E-state index contributed by atoms with van der Waals surface area (Å²) < 4.78 is 0.525. The van der Waals surface area contributed by atoms with Gasteiger partial charge in [0.05, 0.1) is 10.2 Å². The van der Waals surface area contributed by atoms with Crippen molar-refractivity contribution < 1.29 is 0 Å². The average molecular weight is 375 g/mol. The molecule has 0 aliphatic rings. The van der Waals surface area contributed by atoms with Gasteiger partial charge in [-0.25, -0.2) is 19.9 Å². The summed E-state index contributed by atoms with van der Waals surface area (Å²) in [6.07, 6.45) is 13.0. The van der Waals surface area contributed by atoms with E-state index in [4.69, 9.17) is 22.3 Å². The summed E-state index contributed by atoms with van der Waals surface area (Å²) in [6.45, 7) is 0. The Hall–Kier alpha value is -2.94. The van der Waals surface area contributed by atoms with E-state index in [1.165, 1.54) is 18.7 Å². The second kappa shape index (κ2) is 9.90. The first-order valence-electron chi connectivity index (χ1n) is 6.22. The normalized spacial score (nSPS) is 11.6. The lowest BCUT2D eigenvalue weighted by molar-refractivity contribution is 1.15. The molecule has 0 amide bonds. The molecule has 9 heteroatoms. The molecule has 23 heavy (non-hydrogen) atoms. The maximum Gasteiger partial charge on any atom is 0.115 e. The van der Waals surface area contributed by atoms with Crippen LogP contribution in [-0.4, -0.2) is 32.4 Å². The smallest absolute Gasteiger partial charge is 0.115 e. The molecule has 0 fully saturated rings. The number of halogens is 1. The van der Waals surface area contributed by atoms with Crippen LogP contribution in [0.25, 0.3) is 11.4 Å². The van der Waals surface area contributed by atoms with Crippen LogP contribution in [0.5, 0.6) is 0 Å². The van der Waals surface area contributed by atoms with Gasteiger partial charge in [0.2, 0.25) is 0 Å². The quantitative estimate of drug-likeness (QED) is 0.596. The number of hydrogen-bond donors (Lipinski definition) is 4. The molecule has 0 radical (unpaired) electrons. The molecule has 2 rings (SSSR count). The molecular weight excluding hydrogens is 360 g/mol. The van der Waals surface area contributed by atoms with Gasteiger partial charge >= 0.3 is 0 Å². The van der Waals surface area contributed by atoms with Crippen molar-refractivity contribution >= 4 is 39.8 Å². The van der Waals surface area contributed by atoms with Crippen molar-refractivity contribution in [2.45, 2.75) is 0 Å². The molecule has 2 heterocycles. The van der Waals surface area contributed by atoms with Crippen molar-refractivity contribution in [2.24, 2.45) is 11.5 Å². The van der Waals surface area contributed by atoms with Crippen LogP contribution in [0.3, 0.4) is 0 Å². The van der Waals surface area contributed by atoms with Crippen LogP contribution >= 0.6 is 15.9 Å². The molecule has 0 atom stereocenters. The third-order valence-electron chi connectivity index (χ3n) is 2.41. The highest BCUT2D eigenvalue weighted by Gasteiger charge is 2.00. The van der Waals surface area contributed by atoms with Crippen LogP contribution in [0.15, 0.2) is 48.0 Å². The van der Waals surface area contributed by atoms with Gasteiger partial charge < -0.3 is 22.3 Å². The zero-order valence-corrected chi connectivity index (χ0v) is 13.6. The standard InChI is InChI=1S/C7H7BrN4.C7H8N4/c8-6(1-9)7(10)5-2-11-4-12-3-5;8-2-1-7(9)6-3-10-5-11-4-6/h1-4,9H,10H2;1-5,8H,9H2. The molecule has 6 N–H and O–H groups in total. The lowest BCUT2D eigenvalue weighted by Gasteiger charge is -1.99. The van der Waals surface area contributed by atoms with Gasteiger partial charge in [0.1, 0.15) is 12.7 Å². The van der Waals surface area contributed by atoms with Gasteiger partial charge in [-0.15, -0.1) is 0 Å². The van der Waals surface area contributed by atoms with E-state index in [9.17, 15) is 0 Å². The number of rotatable bonds is 4. The van der Waals surface area contributed by atoms with E-state index < -0.39 is 0 Å². The Morgan fingerprint density at radius 2 is 1.39 bits per heavy atom. The summed E-state index contributed by atoms with van der Waals surface area (Å²) in [6, 6.07) is 0. The van der Waals surface area contributed by atoms with Crippen molar-refractivity contribution in [3.05, 3.63) is 59.1 Å². The summed E-state index contributed by atoms with van der Waals surface area (Å²) >= 11 is 3.13. The minimum Gasteiger partial charge on any atom is -0.398 e. The fourth-order valence-electron chi connectivity index (χ4n) is 1.29. The maximum atomic E-state index is 6.94. The van der Waals surface area contributed by atoms with Gasteiger partial charge in [0.25, 0.3) is 0 Å². The number of hydrogen-bond acceptors (Lipinski definition) is 8. The van der Waals surface area contributed by atoms with E-state index in [1.54, 1.807) is 24.8 Å². The molecule has 2 aromatic rings. The van der Waals surface area contributed by atoms with Gasteiger partial charge in [-0.2, -0.15) is 0 Å². The molecule has 118 valence electrons. The zero-order valence-electron chi connectivity index (χ0n) is 12.0. The van der Waals surface area contributed by atoms with Gasteiger partial charge in [-0.1, -0.05) is 0 Å².